The van der Waals surface area contributed by atoms with Gasteiger partial charge < -0.3 is 14.2 Å². The van der Waals surface area contributed by atoms with E-state index < -0.39 is 0 Å². The third kappa shape index (κ3) is 5.76. The van der Waals surface area contributed by atoms with Crippen LogP contribution in [-0.2, 0) is 23.0 Å². The van der Waals surface area contributed by atoms with E-state index in [2.05, 4.69) is 11.5 Å². The number of aryl methyl sites for hydroxylation is 2. The van der Waals surface area contributed by atoms with Gasteiger partial charge in [-0.2, -0.15) is 0 Å². The number of halogens is 2. The molecule has 27 heavy (non-hydrogen) atoms. The van der Waals surface area contributed by atoms with Crippen LogP contribution < -0.4 is 4.90 Å². The van der Waals surface area contributed by atoms with Crippen LogP contribution in [0.1, 0.15) is 52.3 Å². The lowest BCUT2D eigenvalue weighted by atomic mass is 10.2. The summed E-state index contributed by atoms with van der Waals surface area (Å²) in [6.07, 6.45) is 3.80. The number of anilines is 1. The van der Waals surface area contributed by atoms with Gasteiger partial charge >= 0.3 is 5.97 Å². The third-order valence-electron chi connectivity index (χ3n) is 4.56. The molecule has 150 valence electrons. The molecular formula is C20H29Cl2N3O2. The van der Waals surface area contributed by atoms with Crippen molar-refractivity contribution in [1.82, 2.24) is 9.55 Å². The van der Waals surface area contributed by atoms with Crippen LogP contribution in [0.5, 0.6) is 0 Å². The second-order valence-electron chi connectivity index (χ2n) is 6.74. The highest BCUT2D eigenvalue weighted by Crippen LogP contribution is 2.28. The van der Waals surface area contributed by atoms with Crippen molar-refractivity contribution in [1.29, 1.82) is 0 Å². The van der Waals surface area contributed by atoms with Gasteiger partial charge in [0.15, 0.2) is 0 Å². The number of nitrogens with zero attached hydrogens (tertiary/aromatic N) is 3. The van der Waals surface area contributed by atoms with Crippen LogP contribution in [0.3, 0.4) is 0 Å². The number of benzene rings is 1. The first-order valence-corrected chi connectivity index (χ1v) is 10.4. The van der Waals surface area contributed by atoms with Crippen LogP contribution in [0.15, 0.2) is 18.2 Å². The molecule has 0 saturated carbocycles. The lowest BCUT2D eigenvalue weighted by Gasteiger charge is -2.29. The van der Waals surface area contributed by atoms with E-state index >= 15 is 0 Å². The highest BCUT2D eigenvalue weighted by atomic mass is 35.5. The van der Waals surface area contributed by atoms with Gasteiger partial charge in [-0.15, -0.1) is 0 Å². The van der Waals surface area contributed by atoms with Crippen molar-refractivity contribution >= 4 is 45.9 Å². The molecule has 0 saturated heterocycles. The molecule has 2 atom stereocenters. The van der Waals surface area contributed by atoms with E-state index in [0.29, 0.717) is 13.0 Å². The molecule has 2 rings (SSSR count). The van der Waals surface area contributed by atoms with Crippen molar-refractivity contribution in [3.8, 4) is 0 Å². The Morgan fingerprint density at radius 2 is 1.96 bits per heavy atom. The van der Waals surface area contributed by atoms with Gasteiger partial charge in [-0.3, -0.25) is 4.79 Å². The number of fused-ring (bicyclic) bond motifs is 1. The minimum absolute atomic E-state index is 0.132. The van der Waals surface area contributed by atoms with Crippen LogP contribution >= 0.6 is 23.2 Å². The summed E-state index contributed by atoms with van der Waals surface area (Å²) in [5, 5.41) is 0. The van der Waals surface area contributed by atoms with Gasteiger partial charge in [0.05, 0.1) is 17.6 Å². The second kappa shape index (κ2) is 10.2. The quantitative estimate of drug-likeness (QED) is 0.232. The minimum Gasteiger partial charge on any atom is -0.466 e. The largest absolute Gasteiger partial charge is 0.466 e. The van der Waals surface area contributed by atoms with E-state index in [1.165, 1.54) is 0 Å². The second-order valence-corrected chi connectivity index (χ2v) is 8.01. The standard InChI is InChI=1S/C20H29Cl2N3O2/c1-5-6-12-27-20(26)9-7-8-19-23-17-13-16(10-11-18(17)24(19)4)25(14(2)21)15(3)22/h10-11,13-15H,5-9,12H2,1-4H3. The lowest BCUT2D eigenvalue weighted by molar-refractivity contribution is -0.143. The first-order chi connectivity index (χ1) is 12.8. The summed E-state index contributed by atoms with van der Waals surface area (Å²) in [7, 11) is 2.00. The molecular weight excluding hydrogens is 385 g/mol. The monoisotopic (exact) mass is 413 g/mol. The number of alkyl halides is 2. The van der Waals surface area contributed by atoms with E-state index in [1.54, 1.807) is 0 Å². The number of rotatable bonds is 10. The molecule has 2 aromatic rings. The first kappa shape index (κ1) is 21.8. The van der Waals surface area contributed by atoms with Gasteiger partial charge in [-0.1, -0.05) is 36.5 Å². The number of carbonyl (C=O) groups excluding carboxylic acids is 1. The maximum atomic E-state index is 11.7. The molecule has 0 radical (unpaired) electrons. The molecule has 2 unspecified atom stereocenters. The maximum absolute atomic E-state index is 11.7. The van der Waals surface area contributed by atoms with Crippen LogP contribution in [0.4, 0.5) is 5.69 Å². The zero-order chi connectivity index (χ0) is 20.0. The van der Waals surface area contributed by atoms with Gasteiger partial charge in [-0.05, 0) is 44.9 Å². The Balaban J connectivity index is 2.06. The summed E-state index contributed by atoms with van der Waals surface area (Å²) < 4.78 is 7.27. The van der Waals surface area contributed by atoms with Crippen molar-refractivity contribution in [3.05, 3.63) is 24.0 Å². The van der Waals surface area contributed by atoms with Gasteiger partial charge in [-0.25, -0.2) is 4.98 Å². The van der Waals surface area contributed by atoms with E-state index in [1.807, 2.05) is 44.0 Å². The molecule has 7 heteroatoms. The van der Waals surface area contributed by atoms with Crippen molar-refractivity contribution < 1.29 is 9.53 Å². The maximum Gasteiger partial charge on any atom is 0.305 e. The number of aromatic nitrogens is 2. The first-order valence-electron chi connectivity index (χ1n) is 9.52. The fourth-order valence-corrected chi connectivity index (χ4v) is 3.73. The molecule has 0 bridgehead atoms. The average molecular weight is 414 g/mol. The van der Waals surface area contributed by atoms with Crippen LogP contribution in [0.25, 0.3) is 11.0 Å². The summed E-state index contributed by atoms with van der Waals surface area (Å²) in [5.41, 5.74) is 2.43. The van der Waals surface area contributed by atoms with Crippen molar-refractivity contribution in [2.75, 3.05) is 11.5 Å². The summed E-state index contributed by atoms with van der Waals surface area (Å²) in [5.74, 6) is 0.820. The number of esters is 1. The average Bonchev–Trinajstić information content (AvgIpc) is 2.90. The molecule has 5 nitrogen and oxygen atoms in total. The van der Waals surface area contributed by atoms with Crippen molar-refractivity contribution in [3.63, 3.8) is 0 Å². The molecule has 1 heterocycles. The summed E-state index contributed by atoms with van der Waals surface area (Å²) in [6, 6.07) is 6.05. The van der Waals surface area contributed by atoms with E-state index in [4.69, 9.17) is 32.9 Å². The van der Waals surface area contributed by atoms with Gasteiger partial charge in [0.25, 0.3) is 0 Å². The fourth-order valence-electron chi connectivity index (χ4n) is 3.11. The number of carbonyl (C=O) groups is 1. The van der Waals surface area contributed by atoms with E-state index in [0.717, 1.165) is 48.2 Å². The number of imidazole rings is 1. The Kier molecular flexibility index (Phi) is 8.24. The third-order valence-corrected chi connectivity index (χ3v) is 4.98. The minimum atomic E-state index is -0.225. The van der Waals surface area contributed by atoms with Crippen LogP contribution in [0.2, 0.25) is 0 Å². The normalized spacial score (nSPS) is 13.6. The molecule has 1 aromatic carbocycles. The zero-order valence-electron chi connectivity index (χ0n) is 16.5. The highest BCUT2D eigenvalue weighted by molar-refractivity contribution is 6.25. The highest BCUT2D eigenvalue weighted by Gasteiger charge is 2.18. The van der Waals surface area contributed by atoms with Gasteiger partial charge in [0.1, 0.15) is 16.8 Å². The number of hydrogen-bond acceptors (Lipinski definition) is 4. The Bertz CT molecular complexity index is 751. The van der Waals surface area contributed by atoms with Crippen molar-refractivity contribution in [2.45, 2.75) is 63.9 Å². The Morgan fingerprint density at radius 3 is 2.59 bits per heavy atom. The van der Waals surface area contributed by atoms with Crippen molar-refractivity contribution in [2.24, 2.45) is 7.05 Å². The Labute approximate surface area is 171 Å². The Morgan fingerprint density at radius 1 is 1.26 bits per heavy atom. The number of unbranched alkanes of at least 4 members (excludes halogenated alkanes) is 1. The molecule has 0 aliphatic rings. The Hall–Kier alpha value is -1.46. The molecule has 0 aliphatic carbocycles. The van der Waals surface area contributed by atoms with Crippen LogP contribution in [-0.4, -0.2) is 33.1 Å². The SMILES string of the molecule is CCCCOC(=O)CCCc1nc2cc(N(C(C)Cl)C(C)Cl)ccc2n1C. The molecule has 0 spiro atoms. The summed E-state index contributed by atoms with van der Waals surface area (Å²) in [6.45, 7) is 6.38. The molecule has 1 aromatic heterocycles. The smallest absolute Gasteiger partial charge is 0.305 e. The predicted octanol–water partition coefficient (Wildman–Crippen LogP) is 5.22. The van der Waals surface area contributed by atoms with E-state index in [9.17, 15) is 4.79 Å². The van der Waals surface area contributed by atoms with Gasteiger partial charge in [0.2, 0.25) is 0 Å². The van der Waals surface area contributed by atoms with Gasteiger partial charge in [0, 0.05) is 25.6 Å². The molecule has 0 fully saturated rings. The molecule has 0 amide bonds. The molecule has 0 N–H and O–H groups in total. The summed E-state index contributed by atoms with van der Waals surface area (Å²) >= 11 is 12.6. The topological polar surface area (TPSA) is 47.4 Å². The fraction of sp³-hybridized carbons (Fsp3) is 0.600. The lowest BCUT2D eigenvalue weighted by Crippen LogP contribution is -2.34. The van der Waals surface area contributed by atoms with E-state index in [-0.39, 0.29) is 17.0 Å². The van der Waals surface area contributed by atoms with Crippen LogP contribution in [0, 0.1) is 0 Å². The number of ether oxygens (including phenoxy) is 1. The summed E-state index contributed by atoms with van der Waals surface area (Å²) in [4.78, 5) is 18.4. The zero-order valence-corrected chi connectivity index (χ0v) is 18.1. The number of hydrogen-bond donors (Lipinski definition) is 0. The molecule has 0 aliphatic heterocycles. The predicted molar refractivity (Wildman–Crippen MR) is 113 cm³/mol.